The number of carbonyl (C=O) groups excluding carboxylic acids is 1. The van der Waals surface area contributed by atoms with Crippen molar-refractivity contribution in [2.45, 2.75) is 50.8 Å². The summed E-state index contributed by atoms with van der Waals surface area (Å²) in [5.74, 6) is -1.02. The van der Waals surface area contributed by atoms with Crippen molar-refractivity contribution in [3.8, 4) is 0 Å². The fourth-order valence-corrected chi connectivity index (χ4v) is 3.52. The normalized spacial score (nSPS) is 24.9. The molecule has 2 heterocycles. The molecule has 4 nitrogen and oxygen atoms in total. The summed E-state index contributed by atoms with van der Waals surface area (Å²) in [6.07, 6.45) is 4.20. The number of halogens is 2. The predicted molar refractivity (Wildman–Crippen MR) is 86.4 cm³/mol. The quantitative estimate of drug-likeness (QED) is 0.897. The minimum Gasteiger partial charge on any atom is -0.378 e. The van der Waals surface area contributed by atoms with Crippen molar-refractivity contribution in [2.24, 2.45) is 0 Å². The maximum Gasteiger partial charge on any atom is 0.222 e. The highest BCUT2D eigenvalue weighted by molar-refractivity contribution is 5.76. The second kappa shape index (κ2) is 8.03. The number of ether oxygens (including phenoxy) is 1. The van der Waals surface area contributed by atoms with Crippen molar-refractivity contribution in [3.05, 3.63) is 35.4 Å². The molecule has 3 rings (SSSR count). The van der Waals surface area contributed by atoms with Crippen LogP contribution in [0.4, 0.5) is 8.78 Å². The topological polar surface area (TPSA) is 41.6 Å². The zero-order chi connectivity index (χ0) is 16.9. The summed E-state index contributed by atoms with van der Waals surface area (Å²) in [5, 5.41) is 3.04. The number of benzene rings is 1. The van der Waals surface area contributed by atoms with Crippen molar-refractivity contribution in [3.63, 3.8) is 0 Å². The van der Waals surface area contributed by atoms with E-state index in [9.17, 15) is 13.6 Å². The van der Waals surface area contributed by atoms with E-state index in [1.165, 1.54) is 18.2 Å². The van der Waals surface area contributed by atoms with E-state index >= 15 is 0 Å². The third-order valence-corrected chi connectivity index (χ3v) is 4.75. The van der Waals surface area contributed by atoms with Crippen molar-refractivity contribution in [1.29, 1.82) is 0 Å². The molecule has 2 atom stereocenters. The summed E-state index contributed by atoms with van der Waals surface area (Å²) in [4.78, 5) is 14.1. The lowest BCUT2D eigenvalue weighted by atomic mass is 10.0. The molecule has 0 radical (unpaired) electrons. The fraction of sp³-hybridized carbons (Fsp3) is 0.611. The van der Waals surface area contributed by atoms with E-state index in [0.717, 1.165) is 38.8 Å². The Balaban J connectivity index is 1.51. The Labute approximate surface area is 141 Å². The van der Waals surface area contributed by atoms with Gasteiger partial charge in [-0.3, -0.25) is 9.69 Å². The van der Waals surface area contributed by atoms with Gasteiger partial charge in [-0.15, -0.1) is 0 Å². The van der Waals surface area contributed by atoms with E-state index in [4.69, 9.17) is 4.74 Å². The van der Waals surface area contributed by atoms with Crippen molar-refractivity contribution >= 4 is 5.91 Å². The van der Waals surface area contributed by atoms with Gasteiger partial charge in [0.25, 0.3) is 0 Å². The summed E-state index contributed by atoms with van der Waals surface area (Å²) < 4.78 is 33.1. The summed E-state index contributed by atoms with van der Waals surface area (Å²) in [7, 11) is 0. The van der Waals surface area contributed by atoms with Gasteiger partial charge in [0, 0.05) is 31.3 Å². The summed E-state index contributed by atoms with van der Waals surface area (Å²) >= 11 is 0. The molecule has 2 aliphatic rings. The molecule has 2 fully saturated rings. The average molecular weight is 338 g/mol. The van der Waals surface area contributed by atoms with Crippen LogP contribution in [0.3, 0.4) is 0 Å². The Morgan fingerprint density at radius 3 is 2.75 bits per heavy atom. The predicted octanol–water partition coefficient (Wildman–Crippen LogP) is 2.61. The summed E-state index contributed by atoms with van der Waals surface area (Å²) in [6.45, 7) is 2.37. The molecule has 0 aromatic heterocycles. The van der Waals surface area contributed by atoms with Crippen LogP contribution in [0.25, 0.3) is 0 Å². The standard InChI is InChI=1S/C18H24F2N2O2/c19-16-6-1-7-17(20)15(16)12-22-8-2-4-13(11-22)21-18(23)10-14-5-3-9-24-14/h1,6-7,13-14H,2-5,8-12H2,(H,21,23)/t13-,14-/m1/s1. The van der Waals surface area contributed by atoms with Crippen molar-refractivity contribution < 1.29 is 18.3 Å². The summed E-state index contributed by atoms with van der Waals surface area (Å²) in [5.41, 5.74) is 0.101. The molecule has 132 valence electrons. The smallest absolute Gasteiger partial charge is 0.222 e. The van der Waals surface area contributed by atoms with Gasteiger partial charge < -0.3 is 10.1 Å². The van der Waals surface area contributed by atoms with Gasteiger partial charge in [0.15, 0.2) is 0 Å². The van der Waals surface area contributed by atoms with Crippen molar-refractivity contribution in [2.75, 3.05) is 19.7 Å². The van der Waals surface area contributed by atoms with Crippen LogP contribution in [0.1, 0.15) is 37.7 Å². The molecule has 1 aromatic rings. The van der Waals surface area contributed by atoms with Gasteiger partial charge in [-0.25, -0.2) is 8.78 Å². The van der Waals surface area contributed by atoms with Crippen LogP contribution in [0.2, 0.25) is 0 Å². The first-order valence-electron chi connectivity index (χ1n) is 8.68. The third kappa shape index (κ3) is 4.51. The number of hydrogen-bond acceptors (Lipinski definition) is 3. The third-order valence-electron chi connectivity index (χ3n) is 4.75. The molecule has 1 amide bonds. The minimum absolute atomic E-state index is 0.00539. The first-order chi connectivity index (χ1) is 11.6. The van der Waals surface area contributed by atoms with Crippen LogP contribution in [0.15, 0.2) is 18.2 Å². The molecule has 24 heavy (non-hydrogen) atoms. The first kappa shape index (κ1) is 17.3. The highest BCUT2D eigenvalue weighted by Gasteiger charge is 2.25. The van der Waals surface area contributed by atoms with Gasteiger partial charge in [0.05, 0.1) is 12.5 Å². The zero-order valence-electron chi connectivity index (χ0n) is 13.8. The molecule has 6 heteroatoms. The zero-order valence-corrected chi connectivity index (χ0v) is 13.8. The second-order valence-electron chi connectivity index (χ2n) is 6.68. The number of likely N-dealkylation sites (tertiary alicyclic amines) is 1. The first-order valence-corrected chi connectivity index (χ1v) is 8.68. The number of piperidine rings is 1. The Morgan fingerprint density at radius 1 is 1.25 bits per heavy atom. The van der Waals surface area contributed by atoms with E-state index in [2.05, 4.69) is 5.32 Å². The molecular weight excluding hydrogens is 314 g/mol. The van der Waals surface area contributed by atoms with Crippen molar-refractivity contribution in [1.82, 2.24) is 10.2 Å². The molecular formula is C18H24F2N2O2. The monoisotopic (exact) mass is 338 g/mol. The van der Waals surface area contributed by atoms with Gasteiger partial charge in [0.1, 0.15) is 11.6 Å². The maximum absolute atomic E-state index is 13.8. The lowest BCUT2D eigenvalue weighted by Gasteiger charge is -2.33. The molecule has 2 aliphatic heterocycles. The number of hydrogen-bond donors (Lipinski definition) is 1. The average Bonchev–Trinajstić information content (AvgIpc) is 3.04. The van der Waals surface area contributed by atoms with Gasteiger partial charge in [-0.05, 0) is 44.4 Å². The number of nitrogens with zero attached hydrogens (tertiary/aromatic N) is 1. The van der Waals surface area contributed by atoms with Crippen LogP contribution in [-0.2, 0) is 16.1 Å². The number of nitrogens with one attached hydrogen (secondary N) is 1. The maximum atomic E-state index is 13.8. The molecule has 1 N–H and O–H groups in total. The molecule has 0 aliphatic carbocycles. The molecule has 2 saturated heterocycles. The molecule has 0 saturated carbocycles. The Bertz CT molecular complexity index is 556. The number of amides is 1. The van der Waals surface area contributed by atoms with Gasteiger partial charge >= 0.3 is 0 Å². The van der Waals surface area contributed by atoms with E-state index < -0.39 is 11.6 Å². The van der Waals surface area contributed by atoms with Gasteiger partial charge in [-0.2, -0.15) is 0 Å². The van der Waals surface area contributed by atoms with E-state index in [-0.39, 0.29) is 30.2 Å². The molecule has 0 spiro atoms. The summed E-state index contributed by atoms with van der Waals surface area (Å²) in [6, 6.07) is 3.97. The molecule has 0 unspecified atom stereocenters. The Kier molecular flexibility index (Phi) is 5.79. The largest absolute Gasteiger partial charge is 0.378 e. The van der Waals surface area contributed by atoms with E-state index in [1.807, 2.05) is 4.90 Å². The number of carbonyl (C=O) groups is 1. The van der Waals surface area contributed by atoms with Crippen LogP contribution in [0.5, 0.6) is 0 Å². The van der Waals surface area contributed by atoms with E-state index in [0.29, 0.717) is 13.0 Å². The SMILES string of the molecule is O=C(C[C@H]1CCCO1)N[C@@H]1CCCN(Cc2c(F)cccc2F)C1. The molecule has 0 bridgehead atoms. The lowest BCUT2D eigenvalue weighted by molar-refractivity contribution is -0.124. The lowest BCUT2D eigenvalue weighted by Crippen LogP contribution is -2.48. The van der Waals surface area contributed by atoms with Crippen LogP contribution in [0, 0.1) is 11.6 Å². The van der Waals surface area contributed by atoms with E-state index in [1.54, 1.807) is 0 Å². The highest BCUT2D eigenvalue weighted by atomic mass is 19.1. The minimum atomic E-state index is -0.514. The molecule has 1 aromatic carbocycles. The van der Waals surface area contributed by atoms with Crippen LogP contribution < -0.4 is 5.32 Å². The Hall–Kier alpha value is -1.53. The Morgan fingerprint density at radius 2 is 2.04 bits per heavy atom. The second-order valence-corrected chi connectivity index (χ2v) is 6.68. The highest BCUT2D eigenvalue weighted by Crippen LogP contribution is 2.19. The fourth-order valence-electron chi connectivity index (χ4n) is 3.52. The van der Waals surface area contributed by atoms with Gasteiger partial charge in [-0.1, -0.05) is 6.07 Å². The van der Waals surface area contributed by atoms with Gasteiger partial charge in [0.2, 0.25) is 5.91 Å². The van der Waals surface area contributed by atoms with Crippen LogP contribution >= 0.6 is 0 Å². The number of rotatable bonds is 5. The van der Waals surface area contributed by atoms with Crippen LogP contribution in [-0.4, -0.2) is 42.6 Å².